The van der Waals surface area contributed by atoms with Crippen LogP contribution in [0.15, 0.2) is 12.5 Å². The monoisotopic (exact) mass is 187 g/mol. The molecule has 1 aromatic heterocycles. The Labute approximate surface area is 78.6 Å². The first-order valence-electron chi connectivity index (χ1n) is 4.12. The number of hydrogen-bond acceptors (Lipinski definition) is 2. The number of rotatable bonds is 1. The zero-order chi connectivity index (χ0) is 7.68. The third-order valence-corrected chi connectivity index (χ3v) is 2.28. The molecule has 68 valence electrons. The molecule has 1 atom stereocenters. The van der Waals surface area contributed by atoms with Crippen LogP contribution < -0.4 is 5.32 Å². The molecule has 0 amide bonds. The molecule has 12 heavy (non-hydrogen) atoms. The van der Waals surface area contributed by atoms with Crippen LogP contribution in [0.25, 0.3) is 0 Å². The van der Waals surface area contributed by atoms with Crippen molar-refractivity contribution in [2.45, 2.75) is 32.5 Å². The average molecular weight is 188 g/mol. The van der Waals surface area contributed by atoms with Crippen molar-refractivity contribution in [3.8, 4) is 0 Å². The van der Waals surface area contributed by atoms with E-state index in [2.05, 4.69) is 21.8 Å². The van der Waals surface area contributed by atoms with E-state index in [0.717, 1.165) is 13.1 Å². The van der Waals surface area contributed by atoms with Crippen molar-refractivity contribution in [3.05, 3.63) is 18.2 Å². The Morgan fingerprint density at radius 1 is 1.75 bits per heavy atom. The summed E-state index contributed by atoms with van der Waals surface area (Å²) in [6.07, 6.45) is 5.04. The average Bonchev–Trinajstić information content (AvgIpc) is 2.50. The van der Waals surface area contributed by atoms with Crippen LogP contribution in [-0.2, 0) is 13.1 Å². The maximum absolute atomic E-state index is 4.10. The molecule has 2 rings (SSSR count). The minimum Gasteiger partial charge on any atom is -0.332 e. The van der Waals surface area contributed by atoms with Crippen molar-refractivity contribution >= 4 is 12.4 Å². The van der Waals surface area contributed by atoms with Gasteiger partial charge in [0, 0.05) is 25.3 Å². The van der Waals surface area contributed by atoms with Crippen LogP contribution >= 0.6 is 12.4 Å². The van der Waals surface area contributed by atoms with Crippen LogP contribution in [0.5, 0.6) is 0 Å². The lowest BCUT2D eigenvalue weighted by atomic mass is 10.2. The first kappa shape index (κ1) is 9.55. The Balaban J connectivity index is 0.000000720. The molecule has 1 aliphatic heterocycles. The molecule has 0 aromatic carbocycles. The highest BCUT2D eigenvalue weighted by molar-refractivity contribution is 5.85. The van der Waals surface area contributed by atoms with Gasteiger partial charge in [0.05, 0.1) is 12.0 Å². The van der Waals surface area contributed by atoms with Crippen molar-refractivity contribution < 1.29 is 0 Å². The van der Waals surface area contributed by atoms with E-state index in [9.17, 15) is 0 Å². The number of halogens is 1. The van der Waals surface area contributed by atoms with E-state index >= 15 is 0 Å². The molecule has 1 aliphatic rings. The van der Waals surface area contributed by atoms with Crippen LogP contribution in [-0.4, -0.2) is 15.6 Å². The molecule has 0 unspecified atom stereocenters. The molecule has 0 saturated heterocycles. The van der Waals surface area contributed by atoms with Gasteiger partial charge in [0.2, 0.25) is 0 Å². The molecule has 0 saturated carbocycles. The van der Waals surface area contributed by atoms with Crippen LogP contribution in [0.2, 0.25) is 0 Å². The minimum atomic E-state index is 0. The lowest BCUT2D eigenvalue weighted by Crippen LogP contribution is -2.37. The second kappa shape index (κ2) is 3.92. The fourth-order valence-electron chi connectivity index (χ4n) is 1.48. The van der Waals surface area contributed by atoms with Crippen molar-refractivity contribution in [1.82, 2.24) is 14.9 Å². The van der Waals surface area contributed by atoms with E-state index in [0.29, 0.717) is 6.04 Å². The summed E-state index contributed by atoms with van der Waals surface area (Å²) in [5.41, 5.74) is 1.30. The van der Waals surface area contributed by atoms with E-state index < -0.39 is 0 Å². The van der Waals surface area contributed by atoms with Crippen molar-refractivity contribution in [2.24, 2.45) is 0 Å². The molecule has 0 bridgehead atoms. The summed E-state index contributed by atoms with van der Waals surface area (Å²) in [5, 5.41) is 3.45. The highest BCUT2D eigenvalue weighted by atomic mass is 35.5. The first-order valence-corrected chi connectivity index (χ1v) is 4.12. The van der Waals surface area contributed by atoms with Crippen LogP contribution in [0.3, 0.4) is 0 Å². The highest BCUT2D eigenvalue weighted by Gasteiger charge is 2.14. The van der Waals surface area contributed by atoms with E-state index in [1.54, 1.807) is 0 Å². The van der Waals surface area contributed by atoms with Gasteiger partial charge in [0.1, 0.15) is 0 Å². The van der Waals surface area contributed by atoms with Crippen LogP contribution in [0.4, 0.5) is 0 Å². The van der Waals surface area contributed by atoms with Gasteiger partial charge in [-0.1, -0.05) is 6.92 Å². The van der Waals surface area contributed by atoms with Gasteiger partial charge in [-0.15, -0.1) is 12.4 Å². The Bertz CT molecular complexity index is 246. The second-order valence-corrected chi connectivity index (χ2v) is 3.02. The summed E-state index contributed by atoms with van der Waals surface area (Å²) in [7, 11) is 0. The SMILES string of the molecule is CC[C@@H]1Cn2cncc2CN1.Cl. The third kappa shape index (κ3) is 1.62. The molecule has 3 nitrogen and oxygen atoms in total. The quantitative estimate of drug-likeness (QED) is 0.716. The predicted molar refractivity (Wildman–Crippen MR) is 50.4 cm³/mol. The molecule has 0 radical (unpaired) electrons. The van der Waals surface area contributed by atoms with Gasteiger partial charge in [-0.25, -0.2) is 4.98 Å². The largest absolute Gasteiger partial charge is 0.332 e. The van der Waals surface area contributed by atoms with Gasteiger partial charge in [0.15, 0.2) is 0 Å². The van der Waals surface area contributed by atoms with Gasteiger partial charge in [-0.05, 0) is 6.42 Å². The maximum Gasteiger partial charge on any atom is 0.0949 e. The predicted octanol–water partition coefficient (Wildman–Crippen LogP) is 1.19. The lowest BCUT2D eigenvalue weighted by molar-refractivity contribution is 0.384. The lowest BCUT2D eigenvalue weighted by Gasteiger charge is -2.24. The maximum atomic E-state index is 4.10. The fourth-order valence-corrected chi connectivity index (χ4v) is 1.48. The van der Waals surface area contributed by atoms with Crippen LogP contribution in [0, 0.1) is 0 Å². The Hall–Kier alpha value is -0.540. The normalized spacial score (nSPS) is 21.2. The van der Waals surface area contributed by atoms with Crippen molar-refractivity contribution in [1.29, 1.82) is 0 Å². The van der Waals surface area contributed by atoms with Gasteiger partial charge >= 0.3 is 0 Å². The minimum absolute atomic E-state index is 0. The summed E-state index contributed by atoms with van der Waals surface area (Å²) in [6, 6.07) is 0.636. The standard InChI is InChI=1S/C8H13N3.ClH/c1-2-7-5-11-6-9-3-8(11)4-10-7;/h3,6-7,10H,2,4-5H2,1H3;1H/t7-;/m1./s1. The van der Waals surface area contributed by atoms with E-state index in [1.165, 1.54) is 12.1 Å². The van der Waals surface area contributed by atoms with E-state index in [-0.39, 0.29) is 12.4 Å². The van der Waals surface area contributed by atoms with E-state index in [4.69, 9.17) is 0 Å². The Kier molecular flexibility index (Phi) is 3.12. The highest BCUT2D eigenvalue weighted by Crippen LogP contribution is 2.08. The summed E-state index contributed by atoms with van der Waals surface area (Å²) in [6.45, 7) is 4.25. The zero-order valence-electron chi connectivity index (χ0n) is 7.16. The molecule has 2 heterocycles. The molecule has 1 N–H and O–H groups in total. The Morgan fingerprint density at radius 2 is 2.58 bits per heavy atom. The first-order chi connectivity index (χ1) is 5.40. The number of fused-ring (bicyclic) bond motifs is 1. The summed E-state index contributed by atoms with van der Waals surface area (Å²) >= 11 is 0. The number of nitrogens with zero attached hydrogens (tertiary/aromatic N) is 2. The van der Waals surface area contributed by atoms with Gasteiger partial charge in [-0.2, -0.15) is 0 Å². The van der Waals surface area contributed by atoms with E-state index in [1.807, 2.05) is 12.5 Å². The molecule has 0 aliphatic carbocycles. The number of aromatic nitrogens is 2. The fraction of sp³-hybridized carbons (Fsp3) is 0.625. The van der Waals surface area contributed by atoms with Gasteiger partial charge in [0.25, 0.3) is 0 Å². The van der Waals surface area contributed by atoms with Crippen LogP contribution in [0.1, 0.15) is 19.0 Å². The third-order valence-electron chi connectivity index (χ3n) is 2.28. The molecule has 1 aromatic rings. The van der Waals surface area contributed by atoms with Gasteiger partial charge in [-0.3, -0.25) is 0 Å². The summed E-state index contributed by atoms with van der Waals surface area (Å²) in [5.74, 6) is 0. The Morgan fingerprint density at radius 3 is 3.33 bits per heavy atom. The zero-order valence-corrected chi connectivity index (χ0v) is 7.97. The second-order valence-electron chi connectivity index (χ2n) is 3.02. The molecular weight excluding hydrogens is 174 g/mol. The van der Waals surface area contributed by atoms with Gasteiger partial charge < -0.3 is 9.88 Å². The smallest absolute Gasteiger partial charge is 0.0949 e. The molecule has 4 heteroatoms. The molecule has 0 fully saturated rings. The van der Waals surface area contributed by atoms with Crippen molar-refractivity contribution in [2.75, 3.05) is 0 Å². The van der Waals surface area contributed by atoms with Crippen molar-refractivity contribution in [3.63, 3.8) is 0 Å². The summed E-state index contributed by atoms with van der Waals surface area (Å²) < 4.78 is 2.23. The molecular formula is C8H14ClN3. The number of nitrogens with one attached hydrogen (secondary N) is 1. The molecule has 0 spiro atoms. The number of hydrogen-bond donors (Lipinski definition) is 1. The topological polar surface area (TPSA) is 29.9 Å². The number of imidazole rings is 1. The summed E-state index contributed by atoms with van der Waals surface area (Å²) in [4.78, 5) is 4.10.